The number of imidazole rings is 1. The van der Waals surface area contributed by atoms with Crippen LogP contribution in [0.3, 0.4) is 0 Å². The summed E-state index contributed by atoms with van der Waals surface area (Å²) in [4.78, 5) is 7.54. The van der Waals surface area contributed by atoms with Crippen molar-refractivity contribution in [2.75, 3.05) is 6.54 Å². The van der Waals surface area contributed by atoms with E-state index in [4.69, 9.17) is 0 Å². The van der Waals surface area contributed by atoms with Gasteiger partial charge < -0.3 is 10.3 Å². The largest absolute Gasteiger partial charge is 0.341 e. The lowest BCUT2D eigenvalue weighted by Gasteiger charge is -1.98. The molecule has 0 aliphatic heterocycles. The van der Waals surface area contributed by atoms with Crippen molar-refractivity contribution in [2.24, 2.45) is 5.92 Å². The second kappa shape index (κ2) is 4.38. The lowest BCUT2D eigenvalue weighted by Crippen LogP contribution is -2.16. The Bertz CT molecular complexity index is 509. The van der Waals surface area contributed by atoms with Crippen LogP contribution in [-0.4, -0.2) is 16.5 Å². The quantitative estimate of drug-likeness (QED) is 0.911. The van der Waals surface area contributed by atoms with E-state index in [1.165, 1.54) is 18.9 Å². The highest BCUT2D eigenvalue weighted by molar-refractivity contribution is 9.10. The standard InChI is InChI=1S/C12H13BrFN3/c13-8-3-10-11(4-9(8)14)17-12(16-10)6-15-5-7-1-2-7/h3-4,7,15H,1-2,5-6H2,(H,16,17). The summed E-state index contributed by atoms with van der Waals surface area (Å²) in [6.45, 7) is 1.76. The fourth-order valence-corrected chi connectivity index (χ4v) is 2.19. The molecule has 17 heavy (non-hydrogen) atoms. The maximum absolute atomic E-state index is 13.3. The molecule has 90 valence electrons. The molecular formula is C12H13BrFN3. The summed E-state index contributed by atoms with van der Waals surface area (Å²) in [5.74, 6) is 1.45. The van der Waals surface area contributed by atoms with Gasteiger partial charge in [0.15, 0.2) is 0 Å². The van der Waals surface area contributed by atoms with Gasteiger partial charge in [0.25, 0.3) is 0 Å². The molecule has 5 heteroatoms. The van der Waals surface area contributed by atoms with Crippen LogP contribution in [0.1, 0.15) is 18.7 Å². The Kier molecular flexibility index (Phi) is 2.88. The van der Waals surface area contributed by atoms with Gasteiger partial charge in [-0.25, -0.2) is 9.37 Å². The third-order valence-electron chi connectivity index (χ3n) is 3.00. The van der Waals surface area contributed by atoms with Gasteiger partial charge in [0.2, 0.25) is 0 Å². The Hall–Kier alpha value is -0.940. The van der Waals surface area contributed by atoms with Gasteiger partial charge in [-0.3, -0.25) is 0 Å². The minimum absolute atomic E-state index is 0.265. The Morgan fingerprint density at radius 2 is 2.29 bits per heavy atom. The molecule has 0 amide bonds. The maximum Gasteiger partial charge on any atom is 0.139 e. The Balaban J connectivity index is 1.75. The molecule has 2 aromatic rings. The average Bonchev–Trinajstić information content (AvgIpc) is 3.02. The molecule has 0 spiro atoms. The number of benzene rings is 1. The molecule has 3 rings (SSSR count). The van der Waals surface area contributed by atoms with E-state index in [1.807, 2.05) is 0 Å². The molecule has 0 radical (unpaired) electrons. The molecule has 3 nitrogen and oxygen atoms in total. The summed E-state index contributed by atoms with van der Waals surface area (Å²) in [6, 6.07) is 3.17. The minimum atomic E-state index is -0.265. The fourth-order valence-electron chi connectivity index (χ4n) is 1.86. The van der Waals surface area contributed by atoms with Crippen LogP contribution < -0.4 is 5.32 Å². The number of halogens is 2. The number of hydrogen-bond donors (Lipinski definition) is 2. The zero-order valence-electron chi connectivity index (χ0n) is 9.26. The smallest absolute Gasteiger partial charge is 0.139 e. The third-order valence-corrected chi connectivity index (χ3v) is 3.60. The van der Waals surface area contributed by atoms with Crippen molar-refractivity contribution < 1.29 is 4.39 Å². The van der Waals surface area contributed by atoms with Gasteiger partial charge in [-0.1, -0.05) is 0 Å². The predicted octanol–water partition coefficient (Wildman–Crippen LogP) is 2.96. The molecule has 0 saturated heterocycles. The first-order valence-electron chi connectivity index (χ1n) is 5.77. The van der Waals surface area contributed by atoms with Gasteiger partial charge in [0.05, 0.1) is 22.1 Å². The van der Waals surface area contributed by atoms with Crippen LogP contribution in [0, 0.1) is 11.7 Å². The molecule has 1 aromatic carbocycles. The van der Waals surface area contributed by atoms with Crippen LogP contribution in [0.15, 0.2) is 16.6 Å². The summed E-state index contributed by atoms with van der Waals surface area (Å²) in [5.41, 5.74) is 1.54. The van der Waals surface area contributed by atoms with E-state index in [9.17, 15) is 4.39 Å². The molecule has 1 aliphatic carbocycles. The molecule has 1 saturated carbocycles. The van der Waals surface area contributed by atoms with E-state index in [0.717, 1.165) is 29.3 Å². The van der Waals surface area contributed by atoms with Gasteiger partial charge in [-0.15, -0.1) is 0 Å². The molecule has 0 bridgehead atoms. The number of aromatic nitrogens is 2. The molecule has 2 N–H and O–H groups in total. The first kappa shape index (κ1) is 11.2. The number of H-pyrrole nitrogens is 1. The van der Waals surface area contributed by atoms with E-state index in [0.29, 0.717) is 11.0 Å². The lowest BCUT2D eigenvalue weighted by atomic mass is 10.3. The van der Waals surface area contributed by atoms with Crippen LogP contribution in [0.4, 0.5) is 4.39 Å². The first-order chi connectivity index (χ1) is 8.22. The molecule has 0 unspecified atom stereocenters. The molecule has 1 fully saturated rings. The summed E-state index contributed by atoms with van der Waals surface area (Å²) in [6.07, 6.45) is 2.68. The van der Waals surface area contributed by atoms with Crippen LogP contribution in [0.2, 0.25) is 0 Å². The van der Waals surface area contributed by atoms with Crippen molar-refractivity contribution >= 4 is 27.0 Å². The molecule has 1 heterocycles. The highest BCUT2D eigenvalue weighted by atomic mass is 79.9. The second-order valence-corrected chi connectivity index (χ2v) is 5.40. The van der Waals surface area contributed by atoms with Crippen LogP contribution in [0.5, 0.6) is 0 Å². The summed E-state index contributed by atoms with van der Waals surface area (Å²) in [7, 11) is 0. The zero-order valence-corrected chi connectivity index (χ0v) is 10.8. The maximum atomic E-state index is 13.3. The Labute approximate surface area is 107 Å². The molecule has 1 aromatic heterocycles. The van der Waals surface area contributed by atoms with Crippen LogP contribution in [-0.2, 0) is 6.54 Å². The van der Waals surface area contributed by atoms with E-state index in [-0.39, 0.29) is 5.82 Å². The number of nitrogens with one attached hydrogen (secondary N) is 2. The summed E-state index contributed by atoms with van der Waals surface area (Å²) in [5, 5.41) is 3.35. The van der Waals surface area contributed by atoms with E-state index >= 15 is 0 Å². The van der Waals surface area contributed by atoms with Gasteiger partial charge in [-0.05, 0) is 47.3 Å². The van der Waals surface area contributed by atoms with Crippen molar-refractivity contribution in [2.45, 2.75) is 19.4 Å². The zero-order chi connectivity index (χ0) is 11.8. The first-order valence-corrected chi connectivity index (χ1v) is 6.56. The normalized spacial score (nSPS) is 15.6. The average molecular weight is 298 g/mol. The SMILES string of the molecule is Fc1cc2[nH]c(CNCC3CC3)nc2cc1Br. The number of aromatic amines is 1. The Morgan fingerprint density at radius 1 is 1.47 bits per heavy atom. The van der Waals surface area contributed by atoms with Crippen molar-refractivity contribution in [3.05, 3.63) is 28.2 Å². The molecular weight excluding hydrogens is 285 g/mol. The highest BCUT2D eigenvalue weighted by Crippen LogP contribution is 2.27. The molecule has 1 aliphatic rings. The predicted molar refractivity (Wildman–Crippen MR) is 68.2 cm³/mol. The van der Waals surface area contributed by atoms with Crippen molar-refractivity contribution in [1.82, 2.24) is 15.3 Å². The number of rotatable bonds is 4. The van der Waals surface area contributed by atoms with Crippen molar-refractivity contribution in [3.8, 4) is 0 Å². The Morgan fingerprint density at radius 3 is 3.06 bits per heavy atom. The van der Waals surface area contributed by atoms with Crippen LogP contribution in [0.25, 0.3) is 11.0 Å². The van der Waals surface area contributed by atoms with Crippen LogP contribution >= 0.6 is 15.9 Å². The number of hydrogen-bond acceptors (Lipinski definition) is 2. The van der Waals surface area contributed by atoms with Gasteiger partial charge in [0.1, 0.15) is 11.6 Å². The lowest BCUT2D eigenvalue weighted by molar-refractivity contribution is 0.622. The van der Waals surface area contributed by atoms with Crippen molar-refractivity contribution in [3.63, 3.8) is 0 Å². The minimum Gasteiger partial charge on any atom is -0.341 e. The van der Waals surface area contributed by atoms with E-state index in [2.05, 4.69) is 31.2 Å². The van der Waals surface area contributed by atoms with E-state index < -0.39 is 0 Å². The van der Waals surface area contributed by atoms with Gasteiger partial charge in [0, 0.05) is 6.07 Å². The highest BCUT2D eigenvalue weighted by Gasteiger charge is 2.20. The van der Waals surface area contributed by atoms with E-state index in [1.54, 1.807) is 6.07 Å². The van der Waals surface area contributed by atoms with Gasteiger partial charge >= 0.3 is 0 Å². The molecule has 0 atom stereocenters. The van der Waals surface area contributed by atoms with Gasteiger partial charge in [-0.2, -0.15) is 0 Å². The van der Waals surface area contributed by atoms with Crippen molar-refractivity contribution in [1.29, 1.82) is 0 Å². The summed E-state index contributed by atoms with van der Waals surface area (Å²) < 4.78 is 13.8. The topological polar surface area (TPSA) is 40.7 Å². The second-order valence-electron chi connectivity index (χ2n) is 4.54. The summed E-state index contributed by atoms with van der Waals surface area (Å²) >= 11 is 3.16. The third kappa shape index (κ3) is 2.50. The fraction of sp³-hybridized carbons (Fsp3) is 0.417. The number of fused-ring (bicyclic) bond motifs is 1. The monoisotopic (exact) mass is 297 g/mol. The number of nitrogens with zero attached hydrogens (tertiary/aromatic N) is 1.